The minimum absolute atomic E-state index is 0.0135. The van der Waals surface area contributed by atoms with E-state index in [0.29, 0.717) is 12.3 Å². The first-order valence-corrected chi connectivity index (χ1v) is 12.1. The van der Waals surface area contributed by atoms with Gasteiger partial charge in [0.1, 0.15) is 5.82 Å². The second-order valence-electron chi connectivity index (χ2n) is 8.07. The number of aliphatic carboxylic acids is 1. The third kappa shape index (κ3) is 6.59. The zero-order valence-electron chi connectivity index (χ0n) is 17.5. The molecule has 1 aromatic heterocycles. The van der Waals surface area contributed by atoms with Crippen molar-refractivity contribution < 1.29 is 32.0 Å². The minimum atomic E-state index is -4.26. The Kier molecular flexibility index (Phi) is 7.94. The van der Waals surface area contributed by atoms with E-state index in [1.165, 1.54) is 32.1 Å². The maximum atomic E-state index is 13.0. The van der Waals surface area contributed by atoms with Crippen molar-refractivity contribution in [2.45, 2.75) is 68.6 Å². The lowest BCUT2D eigenvalue weighted by molar-refractivity contribution is -0.137. The van der Waals surface area contributed by atoms with E-state index >= 15 is 0 Å². The van der Waals surface area contributed by atoms with Gasteiger partial charge in [0.05, 0.1) is 11.3 Å². The summed E-state index contributed by atoms with van der Waals surface area (Å²) in [4.78, 5) is 27.2. The number of benzene rings is 1. The number of sulfonamides is 1. The summed E-state index contributed by atoms with van der Waals surface area (Å²) in [7, 11) is -4.26. The average molecular weight is 468 g/mol. The molecular weight excluding hydrogens is 441 g/mol. The van der Waals surface area contributed by atoms with Crippen LogP contribution in [0.5, 0.6) is 0 Å². The van der Waals surface area contributed by atoms with Gasteiger partial charge in [-0.1, -0.05) is 50.1 Å². The number of hydrogen-bond donors (Lipinski definition) is 2. The van der Waals surface area contributed by atoms with Crippen LogP contribution < -0.4 is 4.72 Å². The van der Waals surface area contributed by atoms with E-state index in [0.717, 1.165) is 37.1 Å². The van der Waals surface area contributed by atoms with Crippen molar-refractivity contribution in [1.29, 1.82) is 0 Å². The highest BCUT2D eigenvalue weighted by Crippen LogP contribution is 2.31. The lowest BCUT2D eigenvalue weighted by Gasteiger charge is -2.21. The summed E-state index contributed by atoms with van der Waals surface area (Å²) < 4.78 is 44.5. The third-order valence-electron chi connectivity index (χ3n) is 5.66. The number of hydrogen-bond acceptors (Lipinski definition) is 7. The first-order chi connectivity index (χ1) is 15.2. The Hall–Kier alpha value is -2.82. The van der Waals surface area contributed by atoms with Crippen LogP contribution in [0.25, 0.3) is 0 Å². The smallest absolute Gasteiger partial charge is 0.306 e. The van der Waals surface area contributed by atoms with Crippen LogP contribution in [-0.4, -0.2) is 35.5 Å². The van der Waals surface area contributed by atoms with Crippen molar-refractivity contribution in [3.05, 3.63) is 41.8 Å². The molecule has 32 heavy (non-hydrogen) atoms. The number of amides is 1. The molecule has 1 atom stereocenters. The zero-order chi connectivity index (χ0) is 23.1. The van der Waals surface area contributed by atoms with Gasteiger partial charge in [-0.05, 0) is 36.6 Å². The molecule has 0 saturated heterocycles. The molecule has 1 aliphatic carbocycles. The highest BCUT2D eigenvalue weighted by atomic mass is 32.2. The number of rotatable bonds is 10. The molecule has 1 heterocycles. The molecule has 0 bridgehead atoms. The lowest BCUT2D eigenvalue weighted by atomic mass is 9.84. The number of carbonyl (C=O) groups excluding carboxylic acids is 1. The van der Waals surface area contributed by atoms with Gasteiger partial charge in [-0.2, -0.15) is 4.98 Å². The average Bonchev–Trinajstić information content (AvgIpc) is 3.24. The van der Waals surface area contributed by atoms with Crippen molar-refractivity contribution >= 4 is 21.9 Å². The maximum Gasteiger partial charge on any atom is 0.306 e. The van der Waals surface area contributed by atoms with E-state index in [-0.39, 0.29) is 17.2 Å². The topological polar surface area (TPSA) is 139 Å². The molecular formula is C21H26FN3O6S. The summed E-state index contributed by atoms with van der Waals surface area (Å²) in [6.07, 6.45) is 8.18. The normalized spacial score (nSPS) is 15.9. The third-order valence-corrected chi connectivity index (χ3v) is 7.00. The fourth-order valence-corrected chi connectivity index (χ4v) is 4.93. The van der Waals surface area contributed by atoms with Gasteiger partial charge in [-0.15, -0.1) is 0 Å². The number of carbonyl (C=O) groups is 2. The van der Waals surface area contributed by atoms with Gasteiger partial charge in [0.15, 0.2) is 0 Å². The molecule has 0 spiro atoms. The monoisotopic (exact) mass is 467 g/mol. The Bertz CT molecular complexity index is 1030. The molecule has 9 nitrogen and oxygen atoms in total. The van der Waals surface area contributed by atoms with Gasteiger partial charge in [0, 0.05) is 5.92 Å². The van der Waals surface area contributed by atoms with Crippen LogP contribution in [-0.2, 0) is 14.8 Å². The van der Waals surface area contributed by atoms with Crippen molar-refractivity contribution in [3.8, 4) is 0 Å². The molecule has 1 aliphatic rings. The van der Waals surface area contributed by atoms with Crippen LogP contribution >= 0.6 is 0 Å². The molecule has 2 aromatic rings. The molecule has 0 aliphatic heterocycles. The predicted molar refractivity (Wildman–Crippen MR) is 111 cm³/mol. The number of aromatic nitrogens is 2. The quantitative estimate of drug-likeness (QED) is 0.540. The molecule has 1 saturated carbocycles. The van der Waals surface area contributed by atoms with Gasteiger partial charge in [-0.25, -0.2) is 17.5 Å². The first kappa shape index (κ1) is 23.8. The SMILES string of the molecule is O=C(O)C[C@H](CCCC1CCCCC1)c1nc(C(=O)NS(=O)(=O)c2ccc(F)cc2)no1. The Morgan fingerprint density at radius 3 is 2.53 bits per heavy atom. The largest absolute Gasteiger partial charge is 0.481 e. The molecule has 1 aromatic carbocycles. The number of carboxylic acids is 1. The van der Waals surface area contributed by atoms with Gasteiger partial charge in [0.25, 0.3) is 15.8 Å². The van der Waals surface area contributed by atoms with E-state index in [1.54, 1.807) is 4.72 Å². The summed E-state index contributed by atoms with van der Waals surface area (Å²) in [5.74, 6) is -3.23. The summed E-state index contributed by atoms with van der Waals surface area (Å²) in [5.41, 5.74) is 0. The van der Waals surface area contributed by atoms with Gasteiger partial charge >= 0.3 is 11.9 Å². The van der Waals surface area contributed by atoms with Crippen LogP contribution in [0.1, 0.15) is 80.2 Å². The molecule has 2 N–H and O–H groups in total. The summed E-state index contributed by atoms with van der Waals surface area (Å²) in [5, 5.41) is 12.8. The second-order valence-corrected chi connectivity index (χ2v) is 9.76. The van der Waals surface area contributed by atoms with Crippen LogP contribution in [0.15, 0.2) is 33.7 Å². The first-order valence-electron chi connectivity index (χ1n) is 10.6. The Balaban J connectivity index is 1.64. The molecule has 0 radical (unpaired) electrons. The van der Waals surface area contributed by atoms with Crippen molar-refractivity contribution in [3.63, 3.8) is 0 Å². The molecule has 174 valence electrons. The Morgan fingerprint density at radius 1 is 1.19 bits per heavy atom. The minimum Gasteiger partial charge on any atom is -0.481 e. The maximum absolute atomic E-state index is 13.0. The summed E-state index contributed by atoms with van der Waals surface area (Å²) in [6, 6.07) is 3.94. The van der Waals surface area contributed by atoms with Crippen LogP contribution in [0.4, 0.5) is 4.39 Å². The number of nitrogens with zero attached hydrogens (tertiary/aromatic N) is 2. The van der Waals surface area contributed by atoms with Crippen LogP contribution in [0, 0.1) is 11.7 Å². The van der Waals surface area contributed by atoms with E-state index in [1.807, 2.05) is 0 Å². The molecule has 11 heteroatoms. The fraction of sp³-hybridized carbons (Fsp3) is 0.524. The number of carboxylic acid groups (broad SMARTS) is 1. The molecule has 1 fully saturated rings. The standard InChI is InChI=1S/C21H26FN3O6S/c22-16-9-11-17(12-10-16)32(29,30)25-20(28)19-23-21(31-24-19)15(13-18(26)27)8-4-7-14-5-2-1-3-6-14/h9-12,14-15H,1-8,13H2,(H,25,28)(H,26,27)/t15-/m0/s1. The van der Waals surface area contributed by atoms with Crippen LogP contribution in [0.2, 0.25) is 0 Å². The number of halogens is 1. The van der Waals surface area contributed by atoms with E-state index in [2.05, 4.69) is 10.1 Å². The van der Waals surface area contributed by atoms with Crippen molar-refractivity contribution in [2.24, 2.45) is 5.92 Å². The number of nitrogens with one attached hydrogen (secondary N) is 1. The van der Waals surface area contributed by atoms with E-state index in [9.17, 15) is 27.5 Å². The van der Waals surface area contributed by atoms with Crippen LogP contribution in [0.3, 0.4) is 0 Å². The van der Waals surface area contributed by atoms with Gasteiger partial charge in [-0.3, -0.25) is 9.59 Å². The Morgan fingerprint density at radius 2 is 1.88 bits per heavy atom. The summed E-state index contributed by atoms with van der Waals surface area (Å²) in [6.45, 7) is 0. The fourth-order valence-electron chi connectivity index (χ4n) is 3.99. The highest BCUT2D eigenvalue weighted by Gasteiger charge is 2.27. The highest BCUT2D eigenvalue weighted by molar-refractivity contribution is 7.90. The summed E-state index contributed by atoms with van der Waals surface area (Å²) >= 11 is 0. The van der Waals surface area contributed by atoms with Crippen molar-refractivity contribution in [2.75, 3.05) is 0 Å². The molecule has 0 unspecified atom stereocenters. The molecule has 3 rings (SSSR count). The zero-order valence-corrected chi connectivity index (χ0v) is 18.3. The van der Waals surface area contributed by atoms with Gasteiger partial charge < -0.3 is 9.63 Å². The predicted octanol–water partition coefficient (Wildman–Crippen LogP) is 3.64. The Labute approximate surface area is 185 Å². The second kappa shape index (κ2) is 10.7. The molecule has 1 amide bonds. The van der Waals surface area contributed by atoms with E-state index < -0.39 is 39.5 Å². The van der Waals surface area contributed by atoms with Crippen molar-refractivity contribution in [1.82, 2.24) is 14.9 Å². The van der Waals surface area contributed by atoms with E-state index in [4.69, 9.17) is 4.52 Å². The lowest BCUT2D eigenvalue weighted by Crippen LogP contribution is -2.31. The van der Waals surface area contributed by atoms with Gasteiger partial charge in [0.2, 0.25) is 5.89 Å².